The van der Waals surface area contributed by atoms with Crippen LogP contribution in [0.5, 0.6) is 5.75 Å². The van der Waals surface area contributed by atoms with E-state index in [2.05, 4.69) is 15.5 Å². The van der Waals surface area contributed by atoms with Crippen molar-refractivity contribution >= 4 is 49.4 Å². The largest absolute Gasteiger partial charge is 0.497 e. The summed E-state index contributed by atoms with van der Waals surface area (Å²) in [5, 5.41) is 11.7. The van der Waals surface area contributed by atoms with E-state index in [0.29, 0.717) is 16.6 Å². The van der Waals surface area contributed by atoms with Gasteiger partial charge in [0.2, 0.25) is 5.13 Å². The Bertz CT molecular complexity index is 998. The van der Waals surface area contributed by atoms with E-state index in [9.17, 15) is 13.2 Å². The number of aromatic nitrogens is 2. The lowest BCUT2D eigenvalue weighted by atomic mass is 10.3. The van der Waals surface area contributed by atoms with E-state index < -0.39 is 15.9 Å². The molecule has 11 heteroatoms. The molecule has 0 bridgehead atoms. The number of amides is 1. The van der Waals surface area contributed by atoms with Gasteiger partial charge in [-0.15, -0.1) is 21.5 Å². The van der Waals surface area contributed by atoms with Crippen molar-refractivity contribution in [2.24, 2.45) is 0 Å². The van der Waals surface area contributed by atoms with Crippen molar-refractivity contribution in [3.63, 3.8) is 0 Å². The van der Waals surface area contributed by atoms with Gasteiger partial charge in [-0.05, 0) is 30.3 Å². The topological polar surface area (TPSA) is 101 Å². The molecule has 0 fully saturated rings. The Morgan fingerprint density at radius 1 is 1.23 bits per heavy atom. The predicted octanol–water partition coefficient (Wildman–Crippen LogP) is 2.69. The molecule has 8 nitrogen and oxygen atoms in total. The number of ether oxygens (including phenoxy) is 1. The van der Waals surface area contributed by atoms with Crippen LogP contribution in [-0.4, -0.2) is 38.7 Å². The number of sulfonamides is 1. The van der Waals surface area contributed by atoms with Crippen LogP contribution in [0.2, 0.25) is 0 Å². The van der Waals surface area contributed by atoms with Gasteiger partial charge in [0, 0.05) is 12.4 Å². The quantitative estimate of drug-likeness (QED) is 0.670. The molecule has 0 aliphatic heterocycles. The van der Waals surface area contributed by atoms with Crippen LogP contribution >= 0.6 is 22.7 Å². The molecule has 0 aliphatic carbocycles. The van der Waals surface area contributed by atoms with Gasteiger partial charge in [0.25, 0.3) is 15.9 Å². The first-order valence-electron chi connectivity index (χ1n) is 7.21. The fourth-order valence-electron chi connectivity index (χ4n) is 2.05. The zero-order valence-corrected chi connectivity index (χ0v) is 16.2. The van der Waals surface area contributed by atoms with Crippen molar-refractivity contribution < 1.29 is 17.9 Å². The molecule has 26 heavy (non-hydrogen) atoms. The van der Waals surface area contributed by atoms with Crippen LogP contribution in [0, 0.1) is 0 Å². The minimum atomic E-state index is -3.79. The monoisotopic (exact) mass is 410 g/mol. The van der Waals surface area contributed by atoms with Gasteiger partial charge in [0.05, 0.1) is 22.6 Å². The number of hydrogen-bond acceptors (Lipinski definition) is 8. The van der Waals surface area contributed by atoms with Gasteiger partial charge in [0.15, 0.2) is 0 Å². The summed E-state index contributed by atoms with van der Waals surface area (Å²) < 4.78 is 31.8. The summed E-state index contributed by atoms with van der Waals surface area (Å²) in [6.07, 6.45) is 0. The van der Waals surface area contributed by atoms with Crippen LogP contribution in [0.4, 0.5) is 10.8 Å². The maximum Gasteiger partial charge on any atom is 0.267 e. The molecule has 0 saturated heterocycles. The minimum Gasteiger partial charge on any atom is -0.497 e. The molecule has 1 amide bonds. The second kappa shape index (κ2) is 7.40. The van der Waals surface area contributed by atoms with Gasteiger partial charge in [0.1, 0.15) is 11.3 Å². The highest BCUT2D eigenvalue weighted by Crippen LogP contribution is 2.27. The Balaban J connectivity index is 1.80. The molecule has 0 unspecified atom stereocenters. The second-order valence-corrected chi connectivity index (χ2v) is 8.73. The van der Waals surface area contributed by atoms with E-state index in [1.165, 1.54) is 42.5 Å². The molecule has 0 saturated carbocycles. The average molecular weight is 411 g/mol. The first kappa shape index (κ1) is 18.3. The fraction of sp³-hybridized carbons (Fsp3) is 0.133. The van der Waals surface area contributed by atoms with E-state index in [1.807, 2.05) is 0 Å². The summed E-state index contributed by atoms with van der Waals surface area (Å²) in [5.41, 5.74) is 1.97. The van der Waals surface area contributed by atoms with E-state index in [1.54, 1.807) is 24.3 Å². The number of anilines is 2. The Labute approximate surface area is 158 Å². The number of methoxy groups -OCH3 is 1. The van der Waals surface area contributed by atoms with Crippen LogP contribution in [0.3, 0.4) is 0 Å². The molecule has 1 aromatic carbocycles. The van der Waals surface area contributed by atoms with Crippen LogP contribution in [0.15, 0.2) is 46.1 Å². The highest BCUT2D eigenvalue weighted by molar-refractivity contribution is 7.93. The average Bonchev–Trinajstić information content (AvgIpc) is 3.33. The standard InChI is InChI=1S/C15H14N4O4S3/c1-19(10-3-5-11(23-2)6-4-10)26(21,22)12-7-13(24-8-12)14(20)17-15-18-16-9-25-15/h3-9H,1-2H3,(H,17,18,20). The molecule has 3 aromatic rings. The predicted molar refractivity (Wildman–Crippen MR) is 101 cm³/mol. The van der Waals surface area contributed by atoms with Gasteiger partial charge in [-0.1, -0.05) is 11.3 Å². The summed E-state index contributed by atoms with van der Waals surface area (Å²) in [7, 11) is -0.798. The van der Waals surface area contributed by atoms with E-state index in [0.717, 1.165) is 15.6 Å². The van der Waals surface area contributed by atoms with Crippen molar-refractivity contribution in [2.75, 3.05) is 23.8 Å². The third kappa shape index (κ3) is 3.69. The summed E-state index contributed by atoms with van der Waals surface area (Å²) in [4.78, 5) is 12.5. The molecule has 1 N–H and O–H groups in total. The summed E-state index contributed by atoms with van der Waals surface area (Å²) in [5.74, 6) is 0.200. The Morgan fingerprint density at radius 3 is 2.58 bits per heavy atom. The van der Waals surface area contributed by atoms with Crippen molar-refractivity contribution in [1.29, 1.82) is 0 Å². The summed E-state index contributed by atoms with van der Waals surface area (Å²) in [6, 6.07) is 7.99. The number of nitrogens with zero attached hydrogens (tertiary/aromatic N) is 3. The molecule has 136 valence electrons. The molecule has 0 aliphatic rings. The van der Waals surface area contributed by atoms with Crippen molar-refractivity contribution in [2.45, 2.75) is 4.90 Å². The number of benzene rings is 1. The second-order valence-electron chi connectivity index (χ2n) is 5.02. The maximum atomic E-state index is 12.8. The lowest BCUT2D eigenvalue weighted by Crippen LogP contribution is -2.26. The molecule has 2 heterocycles. The Hall–Kier alpha value is -2.50. The van der Waals surface area contributed by atoms with Crippen molar-refractivity contribution in [3.05, 3.63) is 46.1 Å². The molecular weight excluding hydrogens is 396 g/mol. The van der Waals surface area contributed by atoms with Crippen molar-refractivity contribution in [3.8, 4) is 5.75 Å². The lowest BCUT2D eigenvalue weighted by molar-refractivity contribution is 0.103. The maximum absolute atomic E-state index is 12.8. The zero-order valence-electron chi connectivity index (χ0n) is 13.7. The van der Waals surface area contributed by atoms with Gasteiger partial charge in [-0.25, -0.2) is 8.42 Å². The fourth-order valence-corrected chi connectivity index (χ4v) is 4.84. The number of rotatable bonds is 6. The van der Waals surface area contributed by atoms with Crippen LogP contribution in [-0.2, 0) is 10.0 Å². The SMILES string of the molecule is COc1ccc(N(C)S(=O)(=O)c2csc(C(=O)Nc3nncs3)c2)cc1. The number of thiophene rings is 1. The number of nitrogens with one attached hydrogen (secondary N) is 1. The molecule has 0 atom stereocenters. The molecular formula is C15H14N4O4S3. The number of carbonyl (C=O) groups excluding carboxylic acids is 1. The number of hydrogen-bond donors (Lipinski definition) is 1. The highest BCUT2D eigenvalue weighted by Gasteiger charge is 2.24. The molecule has 3 rings (SSSR count). The van der Waals surface area contributed by atoms with Crippen LogP contribution < -0.4 is 14.4 Å². The summed E-state index contributed by atoms with van der Waals surface area (Å²) >= 11 is 2.22. The Kier molecular flexibility index (Phi) is 5.20. The van der Waals surface area contributed by atoms with E-state index in [4.69, 9.17) is 4.74 Å². The van der Waals surface area contributed by atoms with Gasteiger partial charge < -0.3 is 4.74 Å². The molecule has 2 aromatic heterocycles. The minimum absolute atomic E-state index is 0.0447. The van der Waals surface area contributed by atoms with Crippen molar-refractivity contribution in [1.82, 2.24) is 10.2 Å². The van der Waals surface area contributed by atoms with Crippen LogP contribution in [0.1, 0.15) is 9.67 Å². The van der Waals surface area contributed by atoms with Crippen LogP contribution in [0.25, 0.3) is 0 Å². The van der Waals surface area contributed by atoms with E-state index in [-0.39, 0.29) is 9.77 Å². The van der Waals surface area contributed by atoms with Gasteiger partial charge in [-0.3, -0.25) is 14.4 Å². The third-order valence-electron chi connectivity index (χ3n) is 3.47. The Morgan fingerprint density at radius 2 is 1.96 bits per heavy atom. The van der Waals surface area contributed by atoms with E-state index >= 15 is 0 Å². The lowest BCUT2D eigenvalue weighted by Gasteiger charge is -2.18. The summed E-state index contributed by atoms with van der Waals surface area (Å²) in [6.45, 7) is 0. The smallest absolute Gasteiger partial charge is 0.267 e. The first-order chi connectivity index (χ1) is 12.4. The highest BCUT2D eigenvalue weighted by atomic mass is 32.2. The zero-order chi connectivity index (χ0) is 18.7. The third-order valence-corrected chi connectivity index (χ3v) is 6.92. The normalized spacial score (nSPS) is 11.2. The molecule has 0 radical (unpaired) electrons. The first-order valence-corrected chi connectivity index (χ1v) is 10.4. The number of carbonyl (C=O) groups is 1. The van der Waals surface area contributed by atoms with Gasteiger partial charge in [-0.2, -0.15) is 0 Å². The molecule has 0 spiro atoms. The van der Waals surface area contributed by atoms with Gasteiger partial charge >= 0.3 is 0 Å².